The highest BCUT2D eigenvalue weighted by atomic mass is 79.9. The van der Waals surface area contributed by atoms with Crippen molar-refractivity contribution in [1.82, 2.24) is 0 Å². The summed E-state index contributed by atoms with van der Waals surface area (Å²) in [4.78, 5) is 0. The molecule has 0 unspecified atom stereocenters. The Morgan fingerprint density at radius 3 is 2.42 bits per heavy atom. The van der Waals surface area contributed by atoms with Crippen LogP contribution in [0.2, 0.25) is 0 Å². The maximum absolute atomic E-state index is 9.51. The summed E-state index contributed by atoms with van der Waals surface area (Å²) in [5, 5.41) is 9.51. The normalized spacial score (nSPS) is 26.9. The highest BCUT2D eigenvalue weighted by Crippen LogP contribution is 2.45. The molecular formula is C17H22BrN. The highest BCUT2D eigenvalue weighted by Gasteiger charge is 2.35. The summed E-state index contributed by atoms with van der Waals surface area (Å²) in [6.07, 6.45) is 7.95. The first-order chi connectivity index (χ1) is 9.19. The van der Waals surface area contributed by atoms with Crippen molar-refractivity contribution in [2.24, 2.45) is 5.41 Å². The number of rotatable bonds is 4. The Kier molecular flexibility index (Phi) is 5.05. The Labute approximate surface area is 125 Å². The van der Waals surface area contributed by atoms with Gasteiger partial charge in [0.15, 0.2) is 0 Å². The van der Waals surface area contributed by atoms with Gasteiger partial charge in [0.2, 0.25) is 0 Å². The number of unbranched alkanes of at least 4 members (excludes halogenated alkanes) is 1. The van der Waals surface area contributed by atoms with Crippen molar-refractivity contribution in [3.8, 4) is 6.07 Å². The van der Waals surface area contributed by atoms with Crippen LogP contribution in [0, 0.1) is 16.7 Å². The van der Waals surface area contributed by atoms with Crippen molar-refractivity contribution in [3.05, 3.63) is 34.3 Å². The molecule has 0 bridgehead atoms. The summed E-state index contributed by atoms with van der Waals surface area (Å²) in [7, 11) is 0. The zero-order valence-electron chi connectivity index (χ0n) is 11.7. The van der Waals surface area contributed by atoms with Crippen LogP contribution in [-0.2, 0) is 0 Å². The quantitative estimate of drug-likeness (QED) is 0.687. The van der Waals surface area contributed by atoms with Crippen molar-refractivity contribution >= 4 is 15.9 Å². The fourth-order valence-electron chi connectivity index (χ4n) is 3.17. The summed E-state index contributed by atoms with van der Waals surface area (Å²) < 4.78 is 1.14. The lowest BCUT2D eigenvalue weighted by Gasteiger charge is -2.35. The maximum Gasteiger partial charge on any atom is 0.0689 e. The Bertz CT molecular complexity index is 435. The molecule has 0 radical (unpaired) electrons. The predicted molar refractivity (Wildman–Crippen MR) is 82.9 cm³/mol. The fourth-order valence-corrected chi connectivity index (χ4v) is 3.44. The van der Waals surface area contributed by atoms with Gasteiger partial charge < -0.3 is 0 Å². The molecule has 0 aromatic heterocycles. The number of halogens is 1. The third-order valence-electron chi connectivity index (χ3n) is 4.53. The van der Waals surface area contributed by atoms with Crippen LogP contribution in [0.4, 0.5) is 0 Å². The Hall–Kier alpha value is -0.810. The van der Waals surface area contributed by atoms with Crippen LogP contribution in [0.1, 0.15) is 63.4 Å². The molecule has 0 aliphatic heterocycles. The lowest BCUT2D eigenvalue weighted by molar-refractivity contribution is 0.224. The average molecular weight is 320 g/mol. The topological polar surface area (TPSA) is 23.8 Å². The molecule has 0 atom stereocenters. The van der Waals surface area contributed by atoms with Gasteiger partial charge in [-0.05, 0) is 55.7 Å². The van der Waals surface area contributed by atoms with Crippen LogP contribution in [0.25, 0.3) is 0 Å². The van der Waals surface area contributed by atoms with Gasteiger partial charge in [0.05, 0.1) is 11.5 Å². The minimum absolute atomic E-state index is 0.0259. The molecule has 102 valence electrons. The molecule has 2 heteroatoms. The molecule has 0 saturated heterocycles. The highest BCUT2D eigenvalue weighted by molar-refractivity contribution is 9.10. The maximum atomic E-state index is 9.51. The number of nitrogens with zero attached hydrogens (tertiary/aromatic N) is 1. The van der Waals surface area contributed by atoms with E-state index in [2.05, 4.69) is 53.2 Å². The second-order valence-corrected chi connectivity index (χ2v) is 6.74. The second-order valence-electron chi connectivity index (χ2n) is 5.82. The molecule has 0 amide bonds. The fraction of sp³-hybridized carbons (Fsp3) is 0.588. The number of benzene rings is 1. The SMILES string of the molecule is CCCCC1(C#N)CCC(c2ccc(Br)cc2)CC1. The van der Waals surface area contributed by atoms with E-state index in [1.165, 1.54) is 31.2 Å². The summed E-state index contributed by atoms with van der Waals surface area (Å²) >= 11 is 3.48. The van der Waals surface area contributed by atoms with Gasteiger partial charge >= 0.3 is 0 Å². The number of hydrogen-bond acceptors (Lipinski definition) is 1. The summed E-state index contributed by atoms with van der Waals surface area (Å²) in [5.41, 5.74) is 1.41. The largest absolute Gasteiger partial charge is 0.198 e. The standard InChI is InChI=1S/C17H22BrN/c1-2-3-10-17(13-19)11-8-15(9-12-17)14-4-6-16(18)7-5-14/h4-7,15H,2-3,8-12H2,1H3. The molecule has 0 N–H and O–H groups in total. The van der Waals surface area contributed by atoms with Gasteiger partial charge in [-0.1, -0.05) is 47.8 Å². The second kappa shape index (κ2) is 6.57. The molecule has 0 spiro atoms. The molecule has 1 aromatic rings. The van der Waals surface area contributed by atoms with Crippen LogP contribution in [-0.4, -0.2) is 0 Å². The van der Waals surface area contributed by atoms with Crippen LogP contribution >= 0.6 is 15.9 Å². The van der Waals surface area contributed by atoms with Crippen molar-refractivity contribution in [3.63, 3.8) is 0 Å². The molecule has 2 rings (SSSR count). The van der Waals surface area contributed by atoms with E-state index >= 15 is 0 Å². The predicted octanol–water partition coefficient (Wildman–Crippen LogP) is 5.81. The molecule has 1 aliphatic rings. The molecule has 1 fully saturated rings. The van der Waals surface area contributed by atoms with Crippen molar-refractivity contribution in [1.29, 1.82) is 5.26 Å². The van der Waals surface area contributed by atoms with Gasteiger partial charge in [0.25, 0.3) is 0 Å². The smallest absolute Gasteiger partial charge is 0.0689 e. The zero-order valence-corrected chi connectivity index (χ0v) is 13.2. The molecule has 1 saturated carbocycles. The van der Waals surface area contributed by atoms with Gasteiger partial charge in [-0.3, -0.25) is 0 Å². The van der Waals surface area contributed by atoms with Crippen LogP contribution in [0.15, 0.2) is 28.7 Å². The van der Waals surface area contributed by atoms with Gasteiger partial charge in [0, 0.05) is 4.47 Å². The van der Waals surface area contributed by atoms with Crippen LogP contribution in [0.3, 0.4) is 0 Å². The minimum atomic E-state index is -0.0259. The van der Waals surface area contributed by atoms with Gasteiger partial charge in [-0.25, -0.2) is 0 Å². The molecule has 1 aliphatic carbocycles. The third-order valence-corrected chi connectivity index (χ3v) is 5.06. The first kappa shape index (κ1) is 14.6. The summed E-state index contributed by atoms with van der Waals surface area (Å²) in [5.74, 6) is 0.649. The van der Waals surface area contributed by atoms with Crippen molar-refractivity contribution < 1.29 is 0 Å². The van der Waals surface area contributed by atoms with Gasteiger partial charge in [0.1, 0.15) is 0 Å². The van der Waals surface area contributed by atoms with Crippen molar-refractivity contribution in [2.75, 3.05) is 0 Å². The first-order valence-electron chi connectivity index (χ1n) is 7.36. The van der Waals surface area contributed by atoms with Crippen LogP contribution < -0.4 is 0 Å². The van der Waals surface area contributed by atoms with Gasteiger partial charge in [-0.15, -0.1) is 0 Å². The Morgan fingerprint density at radius 2 is 1.89 bits per heavy atom. The average Bonchev–Trinajstić information content (AvgIpc) is 2.47. The summed E-state index contributed by atoms with van der Waals surface area (Å²) in [6, 6.07) is 11.3. The molecule has 19 heavy (non-hydrogen) atoms. The monoisotopic (exact) mass is 319 g/mol. The minimum Gasteiger partial charge on any atom is -0.198 e. The van der Waals surface area contributed by atoms with E-state index in [0.29, 0.717) is 5.92 Å². The number of nitriles is 1. The van der Waals surface area contributed by atoms with Crippen molar-refractivity contribution in [2.45, 2.75) is 57.8 Å². The van der Waals surface area contributed by atoms with E-state index in [0.717, 1.165) is 23.7 Å². The molecule has 1 aromatic carbocycles. The van der Waals surface area contributed by atoms with E-state index in [1.54, 1.807) is 0 Å². The summed E-state index contributed by atoms with van der Waals surface area (Å²) in [6.45, 7) is 2.21. The van der Waals surface area contributed by atoms with E-state index < -0.39 is 0 Å². The Morgan fingerprint density at radius 1 is 1.26 bits per heavy atom. The zero-order chi connectivity index (χ0) is 13.7. The lowest BCUT2D eigenvalue weighted by atomic mass is 9.67. The molecule has 0 heterocycles. The van der Waals surface area contributed by atoms with E-state index in [4.69, 9.17) is 0 Å². The first-order valence-corrected chi connectivity index (χ1v) is 8.15. The van der Waals surface area contributed by atoms with E-state index in [1.807, 2.05) is 0 Å². The lowest BCUT2D eigenvalue weighted by Crippen LogP contribution is -2.25. The van der Waals surface area contributed by atoms with Gasteiger partial charge in [-0.2, -0.15) is 5.26 Å². The van der Waals surface area contributed by atoms with Crippen LogP contribution in [0.5, 0.6) is 0 Å². The Balaban J connectivity index is 1.98. The molecular weight excluding hydrogens is 298 g/mol. The molecule has 1 nitrogen and oxygen atoms in total. The number of hydrogen-bond donors (Lipinski definition) is 0. The van der Waals surface area contributed by atoms with E-state index in [-0.39, 0.29) is 5.41 Å². The van der Waals surface area contributed by atoms with E-state index in [9.17, 15) is 5.26 Å². The third kappa shape index (κ3) is 3.60.